The van der Waals surface area contributed by atoms with Crippen molar-refractivity contribution in [3.05, 3.63) is 34.0 Å². The fourth-order valence-corrected chi connectivity index (χ4v) is 3.87. The molecule has 0 bridgehead atoms. The predicted molar refractivity (Wildman–Crippen MR) is 120 cm³/mol. The summed E-state index contributed by atoms with van der Waals surface area (Å²) in [5.41, 5.74) is -0.937. The number of aliphatic hydroxyl groups is 1. The Morgan fingerprint density at radius 2 is 2.15 bits per heavy atom. The number of nitrogens with one attached hydrogen (secondary N) is 2. The zero-order valence-corrected chi connectivity index (χ0v) is 19.3. The average Bonchev–Trinajstić information content (AvgIpc) is 3.36. The topological polar surface area (TPSA) is 87.4 Å². The molecule has 0 amide bonds. The normalized spacial score (nSPS) is 17.4. The molecule has 1 aliphatic carbocycles. The quantitative estimate of drug-likeness (QED) is 0.320. The van der Waals surface area contributed by atoms with E-state index in [0.717, 1.165) is 35.3 Å². The Balaban J connectivity index is 0.00000261. The molecule has 3 rings (SSSR count). The molecule has 1 unspecified atom stereocenters. The van der Waals surface area contributed by atoms with Crippen molar-refractivity contribution in [2.24, 2.45) is 12.0 Å². The summed E-state index contributed by atoms with van der Waals surface area (Å²) in [5, 5.41) is 27.8. The second-order valence-corrected chi connectivity index (χ2v) is 8.07. The van der Waals surface area contributed by atoms with Crippen LogP contribution in [0, 0.1) is 6.92 Å². The summed E-state index contributed by atoms with van der Waals surface area (Å²) < 4.78 is 1.94. The Bertz CT molecular complexity index is 737. The van der Waals surface area contributed by atoms with Gasteiger partial charge in [0.25, 0.3) is 0 Å². The van der Waals surface area contributed by atoms with Crippen LogP contribution in [0.5, 0.6) is 0 Å². The van der Waals surface area contributed by atoms with Crippen LogP contribution in [-0.4, -0.2) is 38.4 Å². The van der Waals surface area contributed by atoms with Gasteiger partial charge in [0.15, 0.2) is 11.8 Å². The van der Waals surface area contributed by atoms with Crippen LogP contribution in [0.1, 0.15) is 49.1 Å². The van der Waals surface area contributed by atoms with Crippen molar-refractivity contribution in [2.45, 2.75) is 57.7 Å². The van der Waals surface area contributed by atoms with E-state index in [1.165, 1.54) is 12.8 Å². The zero-order chi connectivity index (χ0) is 18.6. The van der Waals surface area contributed by atoms with Gasteiger partial charge in [-0.2, -0.15) is 0 Å². The van der Waals surface area contributed by atoms with Gasteiger partial charge >= 0.3 is 0 Å². The fourth-order valence-electron chi connectivity index (χ4n) is 3.08. The Hall–Kier alpha value is -1.20. The van der Waals surface area contributed by atoms with E-state index in [0.29, 0.717) is 19.1 Å². The van der Waals surface area contributed by atoms with Gasteiger partial charge in [-0.05, 0) is 38.1 Å². The highest BCUT2D eigenvalue weighted by Gasteiger charge is 2.25. The first-order valence-electron chi connectivity index (χ1n) is 9.12. The maximum atomic E-state index is 10.8. The zero-order valence-electron chi connectivity index (χ0n) is 16.1. The lowest BCUT2D eigenvalue weighted by Crippen LogP contribution is -2.47. The highest BCUT2D eigenvalue weighted by atomic mass is 127. The molecule has 1 saturated carbocycles. The molecule has 7 nitrogen and oxygen atoms in total. The number of nitrogens with zero attached hydrogens (tertiary/aromatic N) is 4. The number of hydrogen-bond donors (Lipinski definition) is 3. The van der Waals surface area contributed by atoms with Gasteiger partial charge < -0.3 is 20.3 Å². The van der Waals surface area contributed by atoms with Crippen molar-refractivity contribution in [3.63, 3.8) is 0 Å². The SMILES string of the molecule is Cc1nnc(CN=C(NCC(C)(O)c2cccs2)NC2CCCC2)n1C.I. The minimum Gasteiger partial charge on any atom is -0.383 e. The maximum absolute atomic E-state index is 10.8. The van der Waals surface area contributed by atoms with Gasteiger partial charge in [0, 0.05) is 18.0 Å². The third kappa shape index (κ3) is 5.89. The standard InChI is InChI=1S/C18H28N6OS.HI/c1-13-22-23-16(24(13)3)11-19-17(21-14-7-4-5-8-14)20-12-18(2,25)15-9-6-10-26-15;/h6,9-10,14,25H,4-5,7-8,11-12H2,1-3H3,(H2,19,20,21);1H. The summed E-state index contributed by atoms with van der Waals surface area (Å²) in [6.07, 6.45) is 4.82. The molecule has 1 aliphatic rings. The third-order valence-electron chi connectivity index (χ3n) is 4.91. The predicted octanol–water partition coefficient (Wildman–Crippen LogP) is 2.69. The number of hydrogen-bond acceptors (Lipinski definition) is 5. The molecule has 9 heteroatoms. The number of thiophene rings is 1. The lowest BCUT2D eigenvalue weighted by molar-refractivity contribution is 0.0654. The molecule has 2 aromatic rings. The van der Waals surface area contributed by atoms with Crippen LogP contribution in [0.3, 0.4) is 0 Å². The molecular formula is C18H29IN6OS. The van der Waals surface area contributed by atoms with Gasteiger partial charge in [0.05, 0.1) is 6.54 Å². The van der Waals surface area contributed by atoms with Gasteiger partial charge in [0.1, 0.15) is 18.0 Å². The van der Waals surface area contributed by atoms with Gasteiger partial charge in [-0.25, -0.2) is 4.99 Å². The van der Waals surface area contributed by atoms with Gasteiger partial charge in [-0.15, -0.1) is 45.5 Å². The van der Waals surface area contributed by atoms with E-state index in [9.17, 15) is 5.11 Å². The van der Waals surface area contributed by atoms with Crippen molar-refractivity contribution in [1.29, 1.82) is 0 Å². The molecule has 150 valence electrons. The van der Waals surface area contributed by atoms with Crippen LogP contribution in [0.15, 0.2) is 22.5 Å². The van der Waals surface area contributed by atoms with Crippen molar-refractivity contribution >= 4 is 41.3 Å². The maximum Gasteiger partial charge on any atom is 0.192 e. The number of halogens is 1. The summed E-state index contributed by atoms with van der Waals surface area (Å²) in [6.45, 7) is 4.59. The Labute approximate surface area is 181 Å². The minimum atomic E-state index is -0.937. The van der Waals surface area contributed by atoms with Crippen LogP contribution < -0.4 is 10.6 Å². The lowest BCUT2D eigenvalue weighted by atomic mass is 10.1. The molecule has 0 radical (unpaired) electrons. The summed E-state index contributed by atoms with van der Waals surface area (Å²) >= 11 is 1.56. The molecule has 0 saturated heterocycles. The molecule has 2 heterocycles. The number of rotatable bonds is 6. The van der Waals surface area contributed by atoms with Crippen molar-refractivity contribution in [1.82, 2.24) is 25.4 Å². The van der Waals surface area contributed by atoms with E-state index in [4.69, 9.17) is 0 Å². The number of aromatic nitrogens is 3. The van der Waals surface area contributed by atoms with Gasteiger partial charge in [-0.3, -0.25) is 0 Å². The van der Waals surface area contributed by atoms with Crippen LogP contribution in [-0.2, 0) is 19.2 Å². The monoisotopic (exact) mass is 504 g/mol. The molecule has 0 spiro atoms. The fraction of sp³-hybridized carbons (Fsp3) is 0.611. The second-order valence-electron chi connectivity index (χ2n) is 7.12. The molecule has 1 fully saturated rings. The summed E-state index contributed by atoms with van der Waals surface area (Å²) in [7, 11) is 1.94. The second kappa shape index (κ2) is 9.83. The van der Waals surface area contributed by atoms with Crippen LogP contribution in [0.2, 0.25) is 0 Å². The molecule has 3 N–H and O–H groups in total. The highest BCUT2D eigenvalue weighted by molar-refractivity contribution is 14.0. The average molecular weight is 504 g/mol. The van der Waals surface area contributed by atoms with Gasteiger partial charge in [-0.1, -0.05) is 18.9 Å². The van der Waals surface area contributed by atoms with Crippen molar-refractivity contribution in [3.8, 4) is 0 Å². The van der Waals surface area contributed by atoms with E-state index >= 15 is 0 Å². The third-order valence-corrected chi connectivity index (χ3v) is 6.03. The molecule has 0 aromatic carbocycles. The Morgan fingerprint density at radius 3 is 2.74 bits per heavy atom. The minimum absolute atomic E-state index is 0. The van der Waals surface area contributed by atoms with Crippen LogP contribution in [0.25, 0.3) is 0 Å². The molecular weight excluding hydrogens is 475 g/mol. The lowest BCUT2D eigenvalue weighted by Gasteiger charge is -2.25. The first kappa shape index (κ1) is 22.1. The first-order chi connectivity index (χ1) is 12.5. The number of aliphatic imine (C=N–C) groups is 1. The number of aryl methyl sites for hydroxylation is 1. The molecule has 0 aliphatic heterocycles. The first-order valence-corrected chi connectivity index (χ1v) is 10.00. The van der Waals surface area contributed by atoms with E-state index in [2.05, 4.69) is 25.8 Å². The Morgan fingerprint density at radius 1 is 1.41 bits per heavy atom. The van der Waals surface area contributed by atoms with Crippen molar-refractivity contribution < 1.29 is 5.11 Å². The summed E-state index contributed by atoms with van der Waals surface area (Å²) in [6, 6.07) is 4.35. The molecule has 1 atom stereocenters. The van der Waals surface area contributed by atoms with Crippen molar-refractivity contribution in [2.75, 3.05) is 6.54 Å². The van der Waals surface area contributed by atoms with E-state index in [-0.39, 0.29) is 24.0 Å². The molecule has 2 aromatic heterocycles. The smallest absolute Gasteiger partial charge is 0.192 e. The van der Waals surface area contributed by atoms with Crippen LogP contribution in [0.4, 0.5) is 0 Å². The van der Waals surface area contributed by atoms with E-state index < -0.39 is 5.60 Å². The Kier molecular flexibility index (Phi) is 8.04. The summed E-state index contributed by atoms with van der Waals surface area (Å²) in [5.74, 6) is 2.41. The van der Waals surface area contributed by atoms with E-state index in [1.807, 2.05) is 43.0 Å². The van der Waals surface area contributed by atoms with Crippen LogP contribution >= 0.6 is 35.3 Å². The summed E-state index contributed by atoms with van der Waals surface area (Å²) in [4.78, 5) is 5.62. The highest BCUT2D eigenvalue weighted by Crippen LogP contribution is 2.24. The van der Waals surface area contributed by atoms with E-state index in [1.54, 1.807) is 11.3 Å². The largest absolute Gasteiger partial charge is 0.383 e. The molecule has 27 heavy (non-hydrogen) atoms. The van der Waals surface area contributed by atoms with Gasteiger partial charge in [0.2, 0.25) is 0 Å². The number of guanidine groups is 1.